The van der Waals surface area contributed by atoms with E-state index in [1.165, 1.54) is 12.1 Å². The molecule has 0 spiro atoms. The third-order valence-corrected chi connectivity index (χ3v) is 5.09. The first-order chi connectivity index (χ1) is 14.2. The monoisotopic (exact) mass is 397 g/mol. The van der Waals surface area contributed by atoms with Gasteiger partial charge in [-0.15, -0.1) is 0 Å². The molecule has 152 valence electrons. The highest BCUT2D eigenvalue weighted by Crippen LogP contribution is 2.19. The average Bonchev–Trinajstić information content (AvgIpc) is 3.16. The number of benzene rings is 1. The molecule has 1 atom stereocenters. The van der Waals surface area contributed by atoms with Crippen LogP contribution < -0.4 is 5.32 Å². The Hall–Kier alpha value is -2.84. The summed E-state index contributed by atoms with van der Waals surface area (Å²) in [5.74, 6) is 0.315. The number of rotatable bonds is 7. The molecule has 0 unspecified atom stereocenters. The van der Waals surface area contributed by atoms with Crippen molar-refractivity contribution in [2.75, 3.05) is 32.8 Å². The number of morpholine rings is 1. The number of aromatic nitrogens is 3. The fourth-order valence-corrected chi connectivity index (χ4v) is 3.57. The van der Waals surface area contributed by atoms with Crippen molar-refractivity contribution in [2.45, 2.75) is 18.9 Å². The van der Waals surface area contributed by atoms with Crippen LogP contribution in [0.4, 0.5) is 4.39 Å². The maximum atomic E-state index is 13.3. The molecule has 0 radical (unpaired) electrons. The van der Waals surface area contributed by atoms with Gasteiger partial charge in [-0.2, -0.15) is 0 Å². The lowest BCUT2D eigenvalue weighted by Crippen LogP contribution is -2.44. The molecule has 1 fully saturated rings. The number of fused-ring (bicyclic) bond motifs is 1. The van der Waals surface area contributed by atoms with Crippen LogP contribution in [-0.2, 0) is 16.0 Å². The lowest BCUT2D eigenvalue weighted by molar-refractivity contribution is -0.121. The second-order valence-electron chi connectivity index (χ2n) is 7.07. The number of nitrogens with zero attached hydrogens (tertiary/aromatic N) is 3. The lowest BCUT2D eigenvalue weighted by Gasteiger charge is -2.34. The minimum atomic E-state index is -0.311. The zero-order valence-electron chi connectivity index (χ0n) is 16.1. The molecule has 1 amide bonds. The number of nitrogens with one attached hydrogen (secondary N) is 2. The van der Waals surface area contributed by atoms with E-state index in [1.807, 2.05) is 18.2 Å². The van der Waals surface area contributed by atoms with Gasteiger partial charge in [-0.25, -0.2) is 9.37 Å². The summed E-state index contributed by atoms with van der Waals surface area (Å²) in [6.45, 7) is 3.48. The molecule has 29 heavy (non-hydrogen) atoms. The van der Waals surface area contributed by atoms with Gasteiger partial charge in [0.15, 0.2) is 0 Å². The number of carbonyl (C=O) groups is 1. The smallest absolute Gasteiger partial charge is 0.220 e. The molecular formula is C21H24FN5O2. The molecule has 1 aromatic carbocycles. The van der Waals surface area contributed by atoms with Crippen LogP contribution in [0.5, 0.6) is 0 Å². The summed E-state index contributed by atoms with van der Waals surface area (Å²) in [4.78, 5) is 26.7. The van der Waals surface area contributed by atoms with Gasteiger partial charge in [0.1, 0.15) is 11.6 Å². The van der Waals surface area contributed by atoms with Crippen molar-refractivity contribution in [2.24, 2.45) is 0 Å². The average molecular weight is 397 g/mol. The van der Waals surface area contributed by atoms with Crippen LogP contribution in [0.2, 0.25) is 0 Å². The van der Waals surface area contributed by atoms with Crippen molar-refractivity contribution >= 4 is 16.9 Å². The van der Waals surface area contributed by atoms with Crippen molar-refractivity contribution in [3.05, 3.63) is 59.9 Å². The number of amides is 1. The number of halogens is 1. The summed E-state index contributed by atoms with van der Waals surface area (Å²) in [7, 11) is 0. The van der Waals surface area contributed by atoms with Gasteiger partial charge in [0.25, 0.3) is 0 Å². The largest absolute Gasteiger partial charge is 0.379 e. The highest BCUT2D eigenvalue weighted by molar-refractivity contribution is 5.77. The van der Waals surface area contributed by atoms with Crippen LogP contribution in [0.3, 0.4) is 0 Å². The van der Waals surface area contributed by atoms with Crippen LogP contribution in [0.1, 0.15) is 24.0 Å². The number of ether oxygens (including phenoxy) is 1. The number of pyridine rings is 1. The number of hydrogen-bond donors (Lipinski definition) is 2. The number of H-pyrrole nitrogens is 1. The summed E-state index contributed by atoms with van der Waals surface area (Å²) in [6.07, 6.45) is 2.54. The maximum absolute atomic E-state index is 13.3. The zero-order valence-corrected chi connectivity index (χ0v) is 16.1. The lowest BCUT2D eigenvalue weighted by atomic mass is 10.1. The molecule has 8 heteroatoms. The maximum Gasteiger partial charge on any atom is 0.220 e. The van der Waals surface area contributed by atoms with Gasteiger partial charge >= 0.3 is 0 Å². The Morgan fingerprint density at radius 3 is 2.93 bits per heavy atom. The fourth-order valence-electron chi connectivity index (χ4n) is 3.57. The van der Waals surface area contributed by atoms with E-state index < -0.39 is 0 Å². The first-order valence-electron chi connectivity index (χ1n) is 9.82. The third kappa shape index (κ3) is 4.96. The summed E-state index contributed by atoms with van der Waals surface area (Å²) < 4.78 is 18.7. The van der Waals surface area contributed by atoms with Crippen molar-refractivity contribution < 1.29 is 13.9 Å². The Morgan fingerprint density at radius 1 is 1.28 bits per heavy atom. The summed E-state index contributed by atoms with van der Waals surface area (Å²) in [6, 6.07) is 10.3. The van der Waals surface area contributed by atoms with E-state index in [1.54, 1.807) is 12.3 Å². The summed E-state index contributed by atoms with van der Waals surface area (Å²) in [5, 5.41) is 3.03. The first-order valence-corrected chi connectivity index (χ1v) is 9.82. The molecule has 7 nitrogen and oxygen atoms in total. The Labute approximate surface area is 168 Å². The van der Waals surface area contributed by atoms with E-state index in [0.717, 1.165) is 18.8 Å². The molecule has 3 heterocycles. The van der Waals surface area contributed by atoms with Gasteiger partial charge in [-0.3, -0.25) is 14.7 Å². The van der Waals surface area contributed by atoms with Crippen molar-refractivity contribution in [1.82, 2.24) is 25.2 Å². The minimum Gasteiger partial charge on any atom is -0.379 e. The van der Waals surface area contributed by atoms with Gasteiger partial charge in [0.05, 0.1) is 36.0 Å². The van der Waals surface area contributed by atoms with E-state index in [0.29, 0.717) is 49.5 Å². The SMILES string of the molecule is O=C(CCc1nc2ccc(F)cc2[nH]1)NC[C@H](c1ccccn1)N1CCOCC1. The Bertz CT molecular complexity index is 956. The summed E-state index contributed by atoms with van der Waals surface area (Å²) >= 11 is 0. The molecule has 0 saturated carbocycles. The second kappa shape index (κ2) is 9.11. The molecule has 4 rings (SSSR count). The molecule has 0 aliphatic carbocycles. The van der Waals surface area contributed by atoms with Crippen LogP contribution in [-0.4, -0.2) is 58.6 Å². The van der Waals surface area contributed by atoms with E-state index in [4.69, 9.17) is 4.74 Å². The minimum absolute atomic E-state index is 0.0122. The van der Waals surface area contributed by atoms with Crippen LogP contribution in [0, 0.1) is 5.82 Å². The molecule has 1 aliphatic heterocycles. The second-order valence-corrected chi connectivity index (χ2v) is 7.07. The number of aromatic amines is 1. The topological polar surface area (TPSA) is 83.1 Å². The fraction of sp³-hybridized carbons (Fsp3) is 0.381. The molecule has 2 N–H and O–H groups in total. The number of hydrogen-bond acceptors (Lipinski definition) is 5. The van der Waals surface area contributed by atoms with Gasteiger partial charge in [0, 0.05) is 38.7 Å². The predicted octanol–water partition coefficient (Wildman–Crippen LogP) is 2.22. The number of imidazole rings is 1. The predicted molar refractivity (Wildman–Crippen MR) is 107 cm³/mol. The molecule has 1 saturated heterocycles. The van der Waals surface area contributed by atoms with E-state index in [-0.39, 0.29) is 17.8 Å². The third-order valence-electron chi connectivity index (χ3n) is 5.09. The van der Waals surface area contributed by atoms with Gasteiger partial charge in [-0.1, -0.05) is 6.07 Å². The first kappa shape index (κ1) is 19.5. The highest BCUT2D eigenvalue weighted by Gasteiger charge is 2.24. The zero-order chi connectivity index (χ0) is 20.1. The van der Waals surface area contributed by atoms with Crippen LogP contribution in [0.25, 0.3) is 11.0 Å². The Kier molecular flexibility index (Phi) is 6.12. The van der Waals surface area contributed by atoms with Gasteiger partial charge in [0.2, 0.25) is 5.91 Å². The summed E-state index contributed by atoms with van der Waals surface area (Å²) in [5.41, 5.74) is 2.28. The number of aryl methyl sites for hydroxylation is 1. The van der Waals surface area contributed by atoms with Crippen molar-refractivity contribution in [3.8, 4) is 0 Å². The highest BCUT2D eigenvalue weighted by atomic mass is 19.1. The van der Waals surface area contributed by atoms with Crippen LogP contribution in [0.15, 0.2) is 42.6 Å². The molecule has 0 bridgehead atoms. The van der Waals surface area contributed by atoms with Crippen molar-refractivity contribution in [1.29, 1.82) is 0 Å². The van der Waals surface area contributed by atoms with E-state index >= 15 is 0 Å². The molecule has 2 aromatic heterocycles. The van der Waals surface area contributed by atoms with Gasteiger partial charge < -0.3 is 15.0 Å². The number of carbonyl (C=O) groups excluding carboxylic acids is 1. The Balaban J connectivity index is 1.34. The quantitative estimate of drug-likeness (QED) is 0.639. The van der Waals surface area contributed by atoms with Crippen molar-refractivity contribution in [3.63, 3.8) is 0 Å². The van der Waals surface area contributed by atoms with Crippen LogP contribution >= 0.6 is 0 Å². The normalized spacial score (nSPS) is 16.0. The standard InChI is InChI=1S/C21H24FN5O2/c22-15-4-5-16-18(13-15)26-20(25-16)6-7-21(28)24-14-19(17-3-1-2-8-23-17)27-9-11-29-12-10-27/h1-5,8,13,19H,6-7,9-12,14H2,(H,24,28)(H,25,26)/t19-/m1/s1. The Morgan fingerprint density at radius 2 is 2.14 bits per heavy atom. The van der Waals surface area contributed by atoms with E-state index in [2.05, 4.69) is 25.2 Å². The molecule has 1 aliphatic rings. The van der Waals surface area contributed by atoms with Gasteiger partial charge in [-0.05, 0) is 30.3 Å². The molecule has 3 aromatic rings. The van der Waals surface area contributed by atoms with E-state index in [9.17, 15) is 9.18 Å². The molecular weight excluding hydrogens is 373 g/mol.